The number of halogens is 1. The van der Waals surface area contributed by atoms with Crippen LogP contribution >= 0.6 is 15.9 Å². The first kappa shape index (κ1) is 15.6. The number of rotatable bonds is 4. The van der Waals surface area contributed by atoms with Crippen LogP contribution in [-0.4, -0.2) is 13.3 Å². The number of hydrogen-bond acceptors (Lipinski definition) is 2. The first-order valence-electron chi connectivity index (χ1n) is 6.10. The first-order chi connectivity index (χ1) is 8.17. The molecule has 0 fully saturated rings. The van der Waals surface area contributed by atoms with Crippen LogP contribution in [-0.2, 0) is 4.43 Å². The van der Waals surface area contributed by atoms with E-state index in [2.05, 4.69) is 61.4 Å². The van der Waals surface area contributed by atoms with E-state index < -0.39 is 8.32 Å². The second-order valence-electron chi connectivity index (χ2n) is 5.92. The molecule has 100 valence electrons. The van der Waals surface area contributed by atoms with Crippen molar-refractivity contribution in [1.29, 1.82) is 0 Å². The zero-order chi connectivity index (χ0) is 14.0. The second kappa shape index (κ2) is 5.68. The average Bonchev–Trinajstić information content (AvgIpc) is 2.24. The van der Waals surface area contributed by atoms with Gasteiger partial charge in [0.15, 0.2) is 8.32 Å². The molecule has 4 heteroatoms. The SMILES string of the molecule is C=C[C@H](O[Si](C)(C)C(C)(C)C)c1cccc(Br)n1. The Bertz CT molecular complexity index is 426. The van der Waals surface area contributed by atoms with Crippen molar-refractivity contribution in [2.45, 2.75) is 45.0 Å². The molecule has 0 aromatic carbocycles. The molecule has 0 aliphatic carbocycles. The van der Waals surface area contributed by atoms with Gasteiger partial charge in [-0.3, -0.25) is 0 Å². The molecule has 0 aliphatic rings. The molecule has 1 aromatic rings. The summed E-state index contributed by atoms with van der Waals surface area (Å²) in [5.41, 5.74) is 0.907. The molecule has 0 unspecified atom stereocenters. The van der Waals surface area contributed by atoms with Gasteiger partial charge in [0.1, 0.15) is 10.7 Å². The van der Waals surface area contributed by atoms with Crippen LogP contribution in [0.5, 0.6) is 0 Å². The summed E-state index contributed by atoms with van der Waals surface area (Å²) in [7, 11) is -1.82. The summed E-state index contributed by atoms with van der Waals surface area (Å²) in [6.45, 7) is 15.0. The van der Waals surface area contributed by atoms with E-state index in [0.29, 0.717) is 0 Å². The number of hydrogen-bond donors (Lipinski definition) is 0. The highest BCUT2D eigenvalue weighted by atomic mass is 79.9. The first-order valence-corrected chi connectivity index (χ1v) is 9.80. The molecule has 0 N–H and O–H groups in total. The fourth-order valence-electron chi connectivity index (χ4n) is 1.31. The van der Waals surface area contributed by atoms with Crippen LogP contribution in [0.3, 0.4) is 0 Å². The molecule has 1 heterocycles. The molecule has 0 saturated heterocycles. The van der Waals surface area contributed by atoms with Crippen LogP contribution in [0, 0.1) is 0 Å². The highest BCUT2D eigenvalue weighted by Gasteiger charge is 2.39. The van der Waals surface area contributed by atoms with Gasteiger partial charge in [0.25, 0.3) is 0 Å². The maximum atomic E-state index is 6.33. The quantitative estimate of drug-likeness (QED) is 0.436. The third kappa shape index (κ3) is 3.77. The van der Waals surface area contributed by atoms with Crippen molar-refractivity contribution in [1.82, 2.24) is 4.98 Å². The van der Waals surface area contributed by atoms with E-state index >= 15 is 0 Å². The van der Waals surface area contributed by atoms with E-state index in [0.717, 1.165) is 10.3 Å². The van der Waals surface area contributed by atoms with Gasteiger partial charge in [-0.2, -0.15) is 0 Å². The summed E-state index contributed by atoms with van der Waals surface area (Å²) in [5.74, 6) is 0. The largest absolute Gasteiger partial charge is 0.405 e. The predicted octanol–water partition coefficient (Wildman–Crippen LogP) is 5.09. The Hall–Kier alpha value is -0.453. The van der Waals surface area contributed by atoms with Gasteiger partial charge in [0.05, 0.1) is 5.69 Å². The summed E-state index contributed by atoms with van der Waals surface area (Å²) in [5, 5.41) is 0.181. The summed E-state index contributed by atoms with van der Waals surface area (Å²) in [6, 6.07) is 5.86. The Morgan fingerprint density at radius 3 is 2.44 bits per heavy atom. The number of nitrogens with zero attached hydrogens (tertiary/aromatic N) is 1. The van der Waals surface area contributed by atoms with Crippen molar-refractivity contribution in [3.63, 3.8) is 0 Å². The monoisotopic (exact) mass is 327 g/mol. The third-order valence-corrected chi connectivity index (χ3v) is 8.37. The predicted molar refractivity (Wildman–Crippen MR) is 83.2 cm³/mol. The molecule has 0 aliphatic heterocycles. The lowest BCUT2D eigenvalue weighted by Crippen LogP contribution is -2.41. The van der Waals surface area contributed by atoms with Gasteiger partial charge < -0.3 is 4.43 Å². The van der Waals surface area contributed by atoms with Crippen molar-refractivity contribution >= 4 is 24.2 Å². The Balaban J connectivity index is 2.96. The molecule has 0 bridgehead atoms. The van der Waals surface area contributed by atoms with Crippen LogP contribution in [0.4, 0.5) is 0 Å². The zero-order valence-electron chi connectivity index (χ0n) is 11.8. The highest BCUT2D eigenvalue weighted by molar-refractivity contribution is 9.10. The lowest BCUT2D eigenvalue weighted by Gasteiger charge is -2.38. The summed E-state index contributed by atoms with van der Waals surface area (Å²) in [6.07, 6.45) is 1.69. The number of pyridine rings is 1. The third-order valence-electron chi connectivity index (χ3n) is 3.47. The molecule has 18 heavy (non-hydrogen) atoms. The van der Waals surface area contributed by atoms with Gasteiger partial charge in [-0.1, -0.05) is 32.9 Å². The van der Waals surface area contributed by atoms with Gasteiger partial charge in [-0.05, 0) is 46.2 Å². The number of aromatic nitrogens is 1. The van der Waals surface area contributed by atoms with Crippen molar-refractivity contribution in [2.24, 2.45) is 0 Å². The topological polar surface area (TPSA) is 22.1 Å². The normalized spacial score (nSPS) is 14.3. The fraction of sp³-hybridized carbons (Fsp3) is 0.500. The van der Waals surface area contributed by atoms with E-state index in [1.54, 1.807) is 0 Å². The standard InChI is InChI=1S/C14H22BrNOSi/c1-7-12(11-9-8-10-13(15)16-11)17-18(5,6)14(2,3)4/h7-10,12H,1H2,2-6H3/t12-/m0/s1. The van der Waals surface area contributed by atoms with Crippen molar-refractivity contribution in [2.75, 3.05) is 0 Å². The maximum absolute atomic E-state index is 6.33. The minimum atomic E-state index is -1.82. The average molecular weight is 328 g/mol. The smallest absolute Gasteiger partial charge is 0.193 e. The molecule has 0 spiro atoms. The molecule has 2 nitrogen and oxygen atoms in total. The van der Waals surface area contributed by atoms with Crippen molar-refractivity contribution in [3.8, 4) is 0 Å². The van der Waals surface area contributed by atoms with Crippen LogP contribution in [0.1, 0.15) is 32.6 Å². The molecule has 0 amide bonds. The van der Waals surface area contributed by atoms with Gasteiger partial charge in [-0.25, -0.2) is 4.98 Å². The molecule has 1 rings (SSSR count). The van der Waals surface area contributed by atoms with Crippen LogP contribution < -0.4 is 0 Å². The second-order valence-corrected chi connectivity index (χ2v) is 11.5. The zero-order valence-corrected chi connectivity index (χ0v) is 14.4. The molecule has 1 atom stereocenters. The van der Waals surface area contributed by atoms with Crippen LogP contribution in [0.15, 0.2) is 35.5 Å². The molecule has 0 radical (unpaired) electrons. The van der Waals surface area contributed by atoms with Gasteiger partial charge >= 0.3 is 0 Å². The Morgan fingerprint density at radius 1 is 1.39 bits per heavy atom. The minimum absolute atomic E-state index is 0.136. The lowest BCUT2D eigenvalue weighted by atomic mass is 10.2. The highest BCUT2D eigenvalue weighted by Crippen LogP contribution is 2.39. The van der Waals surface area contributed by atoms with Crippen molar-refractivity contribution < 1.29 is 4.43 Å². The Kier molecular flexibility index (Phi) is 4.92. The van der Waals surface area contributed by atoms with E-state index in [-0.39, 0.29) is 11.1 Å². The molecule has 1 aromatic heterocycles. The van der Waals surface area contributed by atoms with Crippen LogP contribution in [0.25, 0.3) is 0 Å². The van der Waals surface area contributed by atoms with E-state index in [4.69, 9.17) is 4.43 Å². The maximum Gasteiger partial charge on any atom is 0.193 e. The van der Waals surface area contributed by atoms with E-state index in [1.807, 2.05) is 24.3 Å². The van der Waals surface area contributed by atoms with E-state index in [1.165, 1.54) is 0 Å². The fourth-order valence-corrected chi connectivity index (χ4v) is 2.87. The molecular weight excluding hydrogens is 306 g/mol. The van der Waals surface area contributed by atoms with Gasteiger partial charge in [0, 0.05) is 0 Å². The van der Waals surface area contributed by atoms with Crippen molar-refractivity contribution in [3.05, 3.63) is 41.2 Å². The molecular formula is C14H22BrNOSi. The lowest BCUT2D eigenvalue weighted by molar-refractivity contribution is 0.225. The van der Waals surface area contributed by atoms with Gasteiger partial charge in [0.2, 0.25) is 0 Å². The summed E-state index contributed by atoms with van der Waals surface area (Å²) >= 11 is 3.39. The molecule has 0 saturated carbocycles. The van der Waals surface area contributed by atoms with E-state index in [9.17, 15) is 0 Å². The Morgan fingerprint density at radius 2 is 2.00 bits per heavy atom. The van der Waals surface area contributed by atoms with Gasteiger partial charge in [-0.15, -0.1) is 6.58 Å². The van der Waals surface area contributed by atoms with Crippen LogP contribution in [0.2, 0.25) is 18.1 Å². The summed E-state index contributed by atoms with van der Waals surface area (Å²) in [4.78, 5) is 4.45. The Labute approximate surface area is 120 Å². The minimum Gasteiger partial charge on any atom is -0.405 e. The summed E-state index contributed by atoms with van der Waals surface area (Å²) < 4.78 is 7.15.